The fourth-order valence-corrected chi connectivity index (χ4v) is 1.02. The monoisotopic (exact) mass is 148 g/mol. The largest absolute Gasteiger partial charge is 0.394 e. The van der Waals surface area contributed by atoms with Gasteiger partial charge in [0.15, 0.2) is 0 Å². The summed E-state index contributed by atoms with van der Waals surface area (Å²) in [4.78, 5) is 0. The van der Waals surface area contributed by atoms with Crippen LogP contribution in [0.3, 0.4) is 0 Å². The third kappa shape index (κ3) is 1.67. The van der Waals surface area contributed by atoms with E-state index in [1.165, 1.54) is 0 Å². The lowest BCUT2D eigenvalue weighted by Crippen LogP contribution is -2.42. The third-order valence-electron chi connectivity index (χ3n) is 1.63. The summed E-state index contributed by atoms with van der Waals surface area (Å²) >= 11 is 0. The van der Waals surface area contributed by atoms with Crippen molar-refractivity contribution >= 4 is 0 Å². The molecule has 0 saturated carbocycles. The summed E-state index contributed by atoms with van der Waals surface area (Å²) in [6.07, 6.45) is -1.53. The Bertz CT molecular complexity index is 106. The molecule has 1 saturated heterocycles. The van der Waals surface area contributed by atoms with Crippen LogP contribution in [0.4, 0.5) is 0 Å². The molecule has 3 N–H and O–H groups in total. The number of hydrogen-bond donors (Lipinski definition) is 3. The zero-order chi connectivity index (χ0) is 7.56. The van der Waals surface area contributed by atoms with Crippen LogP contribution < -0.4 is 0 Å². The van der Waals surface area contributed by atoms with Crippen molar-refractivity contribution in [2.45, 2.75) is 24.7 Å². The maximum absolute atomic E-state index is 9.09. The van der Waals surface area contributed by atoms with Gasteiger partial charge in [-0.15, -0.1) is 0 Å². The van der Waals surface area contributed by atoms with Gasteiger partial charge < -0.3 is 20.1 Å². The lowest BCUT2D eigenvalue weighted by Gasteiger charge is -2.29. The van der Waals surface area contributed by atoms with E-state index < -0.39 is 18.3 Å². The van der Waals surface area contributed by atoms with Gasteiger partial charge in [-0.1, -0.05) is 0 Å². The van der Waals surface area contributed by atoms with Crippen LogP contribution in [-0.2, 0) is 4.74 Å². The van der Waals surface area contributed by atoms with E-state index in [0.29, 0.717) is 6.42 Å². The molecule has 0 aromatic carbocycles. The number of aliphatic hydroxyl groups is 3. The number of aliphatic hydroxyl groups excluding tert-OH is 3. The van der Waals surface area contributed by atoms with E-state index in [1.54, 1.807) is 0 Å². The summed E-state index contributed by atoms with van der Waals surface area (Å²) in [6, 6.07) is 0. The van der Waals surface area contributed by atoms with Gasteiger partial charge in [-0.05, 0) is 0 Å². The molecule has 10 heavy (non-hydrogen) atoms. The second-order valence-electron chi connectivity index (χ2n) is 2.51. The van der Waals surface area contributed by atoms with Gasteiger partial charge in [-0.2, -0.15) is 0 Å². The van der Waals surface area contributed by atoms with Gasteiger partial charge in [-0.3, -0.25) is 0 Å². The molecular formula is C6H12O4. The molecule has 0 unspecified atom stereocenters. The van der Waals surface area contributed by atoms with Gasteiger partial charge in [-0.25, -0.2) is 0 Å². The minimum Gasteiger partial charge on any atom is -0.394 e. The molecule has 0 spiro atoms. The van der Waals surface area contributed by atoms with Gasteiger partial charge in [0.25, 0.3) is 0 Å². The molecule has 0 aromatic heterocycles. The van der Waals surface area contributed by atoms with E-state index in [9.17, 15) is 0 Å². The molecule has 3 atom stereocenters. The molecule has 1 aliphatic rings. The fourth-order valence-electron chi connectivity index (χ4n) is 1.02. The van der Waals surface area contributed by atoms with Crippen molar-refractivity contribution < 1.29 is 20.1 Å². The fraction of sp³-hybridized carbons (Fsp3) is 1.00. The van der Waals surface area contributed by atoms with Crippen LogP contribution in [-0.4, -0.2) is 46.8 Å². The Balaban J connectivity index is 2.36. The molecule has 1 rings (SSSR count). The van der Waals surface area contributed by atoms with E-state index in [-0.39, 0.29) is 13.2 Å². The Morgan fingerprint density at radius 1 is 1.40 bits per heavy atom. The maximum atomic E-state index is 9.09. The van der Waals surface area contributed by atoms with Gasteiger partial charge in [0, 0.05) is 6.42 Å². The topological polar surface area (TPSA) is 69.9 Å². The zero-order valence-corrected chi connectivity index (χ0v) is 5.60. The van der Waals surface area contributed by atoms with Crippen molar-refractivity contribution in [3.63, 3.8) is 0 Å². The normalized spacial score (nSPS) is 41.7. The van der Waals surface area contributed by atoms with E-state index in [2.05, 4.69) is 0 Å². The highest BCUT2D eigenvalue weighted by Gasteiger charge is 2.27. The first-order valence-corrected chi connectivity index (χ1v) is 3.32. The minimum absolute atomic E-state index is 0.187. The quantitative estimate of drug-likeness (QED) is 0.423. The van der Waals surface area contributed by atoms with Crippen LogP contribution >= 0.6 is 0 Å². The summed E-state index contributed by atoms with van der Waals surface area (Å²) in [7, 11) is 0. The maximum Gasteiger partial charge on any atom is 0.107 e. The molecule has 1 fully saturated rings. The highest BCUT2D eigenvalue weighted by Crippen LogP contribution is 2.13. The van der Waals surface area contributed by atoms with Crippen molar-refractivity contribution in [2.24, 2.45) is 0 Å². The van der Waals surface area contributed by atoms with Crippen LogP contribution in [0.15, 0.2) is 0 Å². The van der Waals surface area contributed by atoms with E-state index in [1.807, 2.05) is 0 Å². The molecule has 0 amide bonds. The van der Waals surface area contributed by atoms with Crippen LogP contribution in [0.1, 0.15) is 6.42 Å². The number of rotatable bonds is 1. The first-order chi connectivity index (χ1) is 4.74. The van der Waals surface area contributed by atoms with E-state index in [0.717, 1.165) is 0 Å². The third-order valence-corrected chi connectivity index (χ3v) is 1.63. The van der Waals surface area contributed by atoms with Crippen molar-refractivity contribution in [1.82, 2.24) is 0 Å². The number of hydrogen-bond acceptors (Lipinski definition) is 4. The van der Waals surface area contributed by atoms with Crippen molar-refractivity contribution in [3.8, 4) is 0 Å². The lowest BCUT2D eigenvalue weighted by molar-refractivity contribution is -0.136. The molecule has 1 heterocycles. The van der Waals surface area contributed by atoms with Crippen LogP contribution in [0, 0.1) is 0 Å². The molecule has 0 aliphatic carbocycles. The SMILES string of the molecule is OC[C@@H]1OC[C@@H](O)C[C@@H]1O. The molecule has 60 valence electrons. The Kier molecular flexibility index (Phi) is 2.62. The Hall–Kier alpha value is -0.160. The van der Waals surface area contributed by atoms with Crippen molar-refractivity contribution in [2.75, 3.05) is 13.2 Å². The number of ether oxygens (including phenoxy) is 1. The lowest BCUT2D eigenvalue weighted by atomic mass is 10.0. The molecule has 0 aromatic rings. The van der Waals surface area contributed by atoms with Crippen LogP contribution in [0.25, 0.3) is 0 Å². The van der Waals surface area contributed by atoms with Crippen LogP contribution in [0.5, 0.6) is 0 Å². The summed E-state index contributed by atoms with van der Waals surface area (Å²) in [6.45, 7) is 0.0240. The molecule has 1 aliphatic heterocycles. The second kappa shape index (κ2) is 3.30. The van der Waals surface area contributed by atoms with Gasteiger partial charge >= 0.3 is 0 Å². The van der Waals surface area contributed by atoms with E-state index >= 15 is 0 Å². The Morgan fingerprint density at radius 2 is 2.10 bits per heavy atom. The second-order valence-corrected chi connectivity index (χ2v) is 2.51. The van der Waals surface area contributed by atoms with Crippen LogP contribution in [0.2, 0.25) is 0 Å². The highest BCUT2D eigenvalue weighted by molar-refractivity contribution is 4.76. The average molecular weight is 148 g/mol. The molecular weight excluding hydrogens is 136 g/mol. The summed E-state index contributed by atoms with van der Waals surface area (Å²) in [5.41, 5.74) is 0. The van der Waals surface area contributed by atoms with Gasteiger partial charge in [0.1, 0.15) is 6.10 Å². The predicted octanol–water partition coefficient (Wildman–Crippen LogP) is -1.51. The molecule has 4 heteroatoms. The van der Waals surface area contributed by atoms with Crippen molar-refractivity contribution in [1.29, 1.82) is 0 Å². The van der Waals surface area contributed by atoms with Gasteiger partial charge in [0.05, 0.1) is 25.4 Å². The first kappa shape index (κ1) is 7.94. The summed E-state index contributed by atoms with van der Waals surface area (Å²) in [5.74, 6) is 0. The Labute approximate surface area is 59.1 Å². The highest BCUT2D eigenvalue weighted by atomic mass is 16.5. The standard InChI is InChI=1S/C6H12O4/c7-2-6-5(9)1-4(8)3-10-6/h4-9H,1-3H2/t4-,5-,6-/m0/s1. The molecule has 4 nitrogen and oxygen atoms in total. The minimum atomic E-state index is -0.728. The zero-order valence-electron chi connectivity index (χ0n) is 5.60. The molecule has 0 bridgehead atoms. The predicted molar refractivity (Wildman–Crippen MR) is 33.5 cm³/mol. The molecule has 0 radical (unpaired) electrons. The van der Waals surface area contributed by atoms with Gasteiger partial charge in [0.2, 0.25) is 0 Å². The average Bonchev–Trinajstić information content (AvgIpc) is 1.88. The first-order valence-electron chi connectivity index (χ1n) is 3.32. The smallest absolute Gasteiger partial charge is 0.107 e. The van der Waals surface area contributed by atoms with E-state index in [4.69, 9.17) is 20.1 Å². The summed E-state index contributed by atoms with van der Waals surface area (Å²) < 4.78 is 4.90. The summed E-state index contributed by atoms with van der Waals surface area (Å²) in [5, 5.41) is 26.6. The Morgan fingerprint density at radius 3 is 2.60 bits per heavy atom. The van der Waals surface area contributed by atoms with Crippen molar-refractivity contribution in [3.05, 3.63) is 0 Å².